The van der Waals surface area contributed by atoms with Crippen LogP contribution in [0.3, 0.4) is 0 Å². The van der Waals surface area contributed by atoms with Crippen LogP contribution in [-0.2, 0) is 0 Å². The van der Waals surface area contributed by atoms with Gasteiger partial charge in [-0.1, -0.05) is 18.2 Å². The third kappa shape index (κ3) is 2.74. The van der Waals surface area contributed by atoms with Gasteiger partial charge in [0.05, 0.1) is 17.6 Å². The third-order valence-corrected chi connectivity index (χ3v) is 2.93. The lowest BCUT2D eigenvalue weighted by molar-refractivity contribution is 0.849. The van der Waals surface area contributed by atoms with Gasteiger partial charge in [-0.3, -0.25) is 9.89 Å². The van der Waals surface area contributed by atoms with E-state index in [0.717, 1.165) is 5.69 Å². The molecule has 3 rings (SSSR count). The number of anilines is 1. The van der Waals surface area contributed by atoms with Crippen LogP contribution in [0.2, 0.25) is 0 Å². The molecule has 0 amide bonds. The number of nitrogens with zero attached hydrogens (tertiary/aromatic N) is 3. The van der Waals surface area contributed by atoms with Gasteiger partial charge in [0.15, 0.2) is 5.69 Å². The predicted octanol–water partition coefficient (Wildman–Crippen LogP) is 3.16. The SMILES string of the molecule is Nc1ccc(N=Nc2c[nH]n(-c3ccccc3)c2=O)cc1. The minimum atomic E-state index is -0.250. The van der Waals surface area contributed by atoms with Gasteiger partial charge < -0.3 is 5.73 Å². The Morgan fingerprint density at radius 1 is 0.952 bits per heavy atom. The van der Waals surface area contributed by atoms with Gasteiger partial charge in [0.1, 0.15) is 0 Å². The number of benzene rings is 2. The van der Waals surface area contributed by atoms with Crippen molar-refractivity contribution in [3.8, 4) is 5.69 Å². The van der Waals surface area contributed by atoms with E-state index < -0.39 is 0 Å². The number of H-pyrrole nitrogens is 1. The standard InChI is InChI=1S/C15H13N5O/c16-11-6-8-12(9-7-11)18-19-14-10-17-20(15(14)21)13-4-2-1-3-5-13/h1-10,17H,16H2. The molecule has 6 nitrogen and oxygen atoms in total. The molecule has 6 heteroatoms. The topological polar surface area (TPSA) is 88.5 Å². The minimum Gasteiger partial charge on any atom is -0.399 e. The molecule has 0 bridgehead atoms. The van der Waals surface area contributed by atoms with Crippen molar-refractivity contribution in [1.82, 2.24) is 9.78 Å². The molecule has 21 heavy (non-hydrogen) atoms. The molecule has 104 valence electrons. The number of aromatic amines is 1. The lowest BCUT2D eigenvalue weighted by Crippen LogP contribution is -2.13. The van der Waals surface area contributed by atoms with Crippen LogP contribution in [0.25, 0.3) is 5.69 Å². The number of nitrogens with two attached hydrogens (primary N) is 1. The second-order valence-corrected chi connectivity index (χ2v) is 4.43. The number of hydrogen-bond acceptors (Lipinski definition) is 4. The number of para-hydroxylation sites is 1. The number of aromatic nitrogens is 2. The molecule has 1 heterocycles. The highest BCUT2D eigenvalue weighted by Crippen LogP contribution is 2.17. The van der Waals surface area contributed by atoms with Gasteiger partial charge in [-0.2, -0.15) is 5.11 Å². The fourth-order valence-corrected chi connectivity index (χ4v) is 1.85. The van der Waals surface area contributed by atoms with Crippen molar-refractivity contribution >= 4 is 17.1 Å². The first-order valence-corrected chi connectivity index (χ1v) is 6.37. The molecule has 0 unspecified atom stereocenters. The highest BCUT2D eigenvalue weighted by Gasteiger charge is 2.06. The van der Waals surface area contributed by atoms with E-state index in [1.165, 1.54) is 10.9 Å². The average molecular weight is 279 g/mol. The number of rotatable bonds is 3. The molecular formula is C15H13N5O. The maximum absolute atomic E-state index is 12.2. The Labute approximate surface area is 120 Å². The monoisotopic (exact) mass is 279 g/mol. The summed E-state index contributed by atoms with van der Waals surface area (Å²) in [5, 5.41) is 10.9. The van der Waals surface area contributed by atoms with Gasteiger partial charge >= 0.3 is 0 Å². The van der Waals surface area contributed by atoms with Crippen molar-refractivity contribution in [3.05, 3.63) is 71.1 Å². The van der Waals surface area contributed by atoms with Crippen LogP contribution in [0.1, 0.15) is 0 Å². The van der Waals surface area contributed by atoms with E-state index in [0.29, 0.717) is 11.4 Å². The van der Waals surface area contributed by atoms with Crippen LogP contribution < -0.4 is 11.3 Å². The summed E-state index contributed by atoms with van der Waals surface area (Å²) in [6, 6.07) is 16.2. The van der Waals surface area contributed by atoms with Gasteiger partial charge in [-0.15, -0.1) is 5.11 Å². The van der Waals surface area contributed by atoms with Gasteiger partial charge in [0.2, 0.25) is 0 Å². The van der Waals surface area contributed by atoms with Crippen LogP contribution in [0.15, 0.2) is 75.8 Å². The number of nitrogen functional groups attached to an aromatic ring is 1. The zero-order valence-electron chi connectivity index (χ0n) is 11.1. The Balaban J connectivity index is 1.89. The number of azo groups is 1. The van der Waals surface area contributed by atoms with Crippen LogP contribution >= 0.6 is 0 Å². The quantitative estimate of drug-likeness (QED) is 0.569. The lowest BCUT2D eigenvalue weighted by atomic mass is 10.3. The number of hydrogen-bond donors (Lipinski definition) is 2. The van der Waals surface area contributed by atoms with E-state index in [1.807, 2.05) is 30.3 Å². The molecule has 0 aliphatic rings. The summed E-state index contributed by atoms with van der Waals surface area (Å²) in [7, 11) is 0. The Morgan fingerprint density at radius 2 is 1.67 bits per heavy atom. The van der Waals surface area contributed by atoms with Crippen LogP contribution in [0.5, 0.6) is 0 Å². The molecule has 0 atom stereocenters. The van der Waals surface area contributed by atoms with E-state index in [2.05, 4.69) is 15.3 Å². The summed E-state index contributed by atoms with van der Waals surface area (Å²) in [6.45, 7) is 0. The molecule has 3 aromatic rings. The zero-order valence-corrected chi connectivity index (χ0v) is 11.1. The summed E-state index contributed by atoms with van der Waals surface area (Å²) < 4.78 is 1.41. The molecule has 1 aromatic heterocycles. The molecule has 0 saturated heterocycles. The lowest BCUT2D eigenvalue weighted by Gasteiger charge is -1.98. The molecule has 2 aromatic carbocycles. The van der Waals surface area contributed by atoms with Gasteiger partial charge in [0.25, 0.3) is 5.56 Å². The highest BCUT2D eigenvalue weighted by molar-refractivity contribution is 5.48. The van der Waals surface area contributed by atoms with E-state index >= 15 is 0 Å². The summed E-state index contributed by atoms with van der Waals surface area (Å²) >= 11 is 0. The third-order valence-electron chi connectivity index (χ3n) is 2.93. The number of nitrogens with one attached hydrogen (secondary N) is 1. The van der Waals surface area contributed by atoms with Crippen LogP contribution in [0.4, 0.5) is 17.1 Å². The van der Waals surface area contributed by atoms with Crippen molar-refractivity contribution in [3.63, 3.8) is 0 Å². The molecular weight excluding hydrogens is 266 g/mol. The van der Waals surface area contributed by atoms with Crippen molar-refractivity contribution < 1.29 is 0 Å². The Hall–Kier alpha value is -3.15. The molecule has 0 spiro atoms. The average Bonchev–Trinajstić information content (AvgIpc) is 2.89. The molecule has 0 radical (unpaired) electrons. The normalized spacial score (nSPS) is 11.0. The minimum absolute atomic E-state index is 0.246. The van der Waals surface area contributed by atoms with Crippen molar-refractivity contribution in [2.45, 2.75) is 0 Å². The summed E-state index contributed by atoms with van der Waals surface area (Å²) in [5.74, 6) is 0. The molecule has 0 saturated carbocycles. The second kappa shape index (κ2) is 5.46. The van der Waals surface area contributed by atoms with Crippen molar-refractivity contribution in [2.75, 3.05) is 5.73 Å². The Bertz CT molecular complexity index is 815. The fraction of sp³-hybridized carbons (Fsp3) is 0. The fourth-order valence-electron chi connectivity index (χ4n) is 1.85. The molecule has 3 N–H and O–H groups in total. The van der Waals surface area contributed by atoms with Crippen LogP contribution in [-0.4, -0.2) is 9.78 Å². The smallest absolute Gasteiger partial charge is 0.298 e. The first kappa shape index (κ1) is 12.9. The van der Waals surface area contributed by atoms with Crippen molar-refractivity contribution in [2.24, 2.45) is 10.2 Å². The second-order valence-electron chi connectivity index (χ2n) is 4.43. The van der Waals surface area contributed by atoms with Gasteiger partial charge in [0, 0.05) is 5.69 Å². The summed E-state index contributed by atoms with van der Waals surface area (Å²) in [4.78, 5) is 12.2. The van der Waals surface area contributed by atoms with Crippen LogP contribution in [0, 0.1) is 0 Å². The Kier molecular flexibility index (Phi) is 3.34. The molecule has 0 fully saturated rings. The van der Waals surface area contributed by atoms with E-state index in [-0.39, 0.29) is 11.2 Å². The predicted molar refractivity (Wildman–Crippen MR) is 81.4 cm³/mol. The van der Waals surface area contributed by atoms with Crippen molar-refractivity contribution in [1.29, 1.82) is 0 Å². The van der Waals surface area contributed by atoms with E-state index in [9.17, 15) is 4.79 Å². The highest BCUT2D eigenvalue weighted by atomic mass is 16.1. The first-order valence-electron chi connectivity index (χ1n) is 6.37. The summed E-state index contributed by atoms with van der Waals surface area (Å²) in [6.07, 6.45) is 1.52. The van der Waals surface area contributed by atoms with E-state index in [1.54, 1.807) is 24.3 Å². The maximum atomic E-state index is 12.2. The first-order chi connectivity index (χ1) is 10.2. The molecule has 0 aliphatic carbocycles. The van der Waals surface area contributed by atoms with E-state index in [4.69, 9.17) is 5.73 Å². The molecule has 0 aliphatic heterocycles. The zero-order chi connectivity index (χ0) is 14.7. The maximum Gasteiger partial charge on any atom is 0.298 e. The van der Waals surface area contributed by atoms with Gasteiger partial charge in [-0.05, 0) is 36.4 Å². The Morgan fingerprint density at radius 3 is 2.38 bits per heavy atom. The van der Waals surface area contributed by atoms with Gasteiger partial charge in [-0.25, -0.2) is 4.68 Å². The summed E-state index contributed by atoms with van der Waals surface area (Å²) in [5.41, 5.74) is 7.63. The largest absolute Gasteiger partial charge is 0.399 e.